The fourth-order valence-electron chi connectivity index (χ4n) is 4.05. The average molecular weight is 475 g/mol. The van der Waals surface area contributed by atoms with E-state index in [9.17, 15) is 13.2 Å². The number of nitrogens with zero attached hydrogens (tertiary/aromatic N) is 1. The van der Waals surface area contributed by atoms with Crippen LogP contribution in [0.3, 0.4) is 0 Å². The monoisotopic (exact) mass is 474 g/mol. The number of sulfonamides is 1. The van der Waals surface area contributed by atoms with Gasteiger partial charge in [-0.1, -0.05) is 26.0 Å². The van der Waals surface area contributed by atoms with Gasteiger partial charge < -0.3 is 14.8 Å². The summed E-state index contributed by atoms with van der Waals surface area (Å²) in [5, 5.41) is 3.06. The summed E-state index contributed by atoms with van der Waals surface area (Å²) in [5.41, 5.74) is 4.34. The van der Waals surface area contributed by atoms with Gasteiger partial charge in [-0.2, -0.15) is 4.31 Å². The topological polar surface area (TPSA) is 84.9 Å². The van der Waals surface area contributed by atoms with E-state index >= 15 is 0 Å². The Kier molecular flexibility index (Phi) is 8.15. The standard InChI is InChI=1S/C25H34N2O5S/c1-17(2)22-15-23(18(3)14-24(22)31-5)19(4)26-25(28)21-8-6-20(7-9-21)16-33(29,30)27-10-12-32-13-11-27/h6-9,14-15,17,19H,10-13,16H2,1-5H3,(H,26,28)/t19-/m0/s1. The lowest BCUT2D eigenvalue weighted by Crippen LogP contribution is -2.41. The van der Waals surface area contributed by atoms with E-state index in [1.165, 1.54) is 4.31 Å². The van der Waals surface area contributed by atoms with Crippen LogP contribution in [0.15, 0.2) is 36.4 Å². The lowest BCUT2D eigenvalue weighted by Gasteiger charge is -2.26. The Morgan fingerprint density at radius 1 is 1.09 bits per heavy atom. The zero-order valence-corrected chi connectivity index (χ0v) is 20.9. The Morgan fingerprint density at radius 3 is 2.30 bits per heavy atom. The third kappa shape index (κ3) is 6.13. The first-order chi connectivity index (χ1) is 15.6. The molecule has 1 fully saturated rings. The molecule has 0 aromatic heterocycles. The van der Waals surface area contributed by atoms with Gasteiger partial charge in [-0.05, 0) is 66.3 Å². The van der Waals surface area contributed by atoms with Gasteiger partial charge in [0.05, 0.1) is 32.1 Å². The van der Waals surface area contributed by atoms with Gasteiger partial charge in [-0.25, -0.2) is 8.42 Å². The molecule has 1 N–H and O–H groups in total. The van der Waals surface area contributed by atoms with Gasteiger partial charge in [0.2, 0.25) is 10.0 Å². The number of morpholine rings is 1. The highest BCUT2D eigenvalue weighted by atomic mass is 32.2. The molecular formula is C25H34N2O5S. The number of aryl methyl sites for hydroxylation is 1. The SMILES string of the molecule is COc1cc(C)c([C@H](C)NC(=O)c2ccc(CS(=O)(=O)N3CCOCC3)cc2)cc1C(C)C. The van der Waals surface area contributed by atoms with E-state index in [-0.39, 0.29) is 17.7 Å². The number of rotatable bonds is 8. The molecule has 33 heavy (non-hydrogen) atoms. The van der Waals surface area contributed by atoms with Crippen molar-refractivity contribution in [2.45, 2.75) is 45.4 Å². The van der Waals surface area contributed by atoms with Crippen molar-refractivity contribution in [3.63, 3.8) is 0 Å². The predicted molar refractivity (Wildman–Crippen MR) is 129 cm³/mol. The summed E-state index contributed by atoms with van der Waals surface area (Å²) in [7, 11) is -1.74. The summed E-state index contributed by atoms with van der Waals surface area (Å²) in [4.78, 5) is 12.8. The third-order valence-corrected chi connectivity index (χ3v) is 7.83. The van der Waals surface area contributed by atoms with Crippen molar-refractivity contribution >= 4 is 15.9 Å². The number of carbonyl (C=O) groups excluding carboxylic acids is 1. The molecule has 1 saturated heterocycles. The summed E-state index contributed by atoms with van der Waals surface area (Å²) in [6.45, 7) is 9.79. The zero-order valence-electron chi connectivity index (χ0n) is 20.1. The smallest absolute Gasteiger partial charge is 0.251 e. The van der Waals surface area contributed by atoms with Gasteiger partial charge in [0.15, 0.2) is 0 Å². The van der Waals surface area contributed by atoms with E-state index < -0.39 is 10.0 Å². The summed E-state index contributed by atoms with van der Waals surface area (Å²) >= 11 is 0. The molecule has 1 aliphatic heterocycles. The van der Waals surface area contributed by atoms with Gasteiger partial charge in [-0.15, -0.1) is 0 Å². The van der Waals surface area contributed by atoms with Crippen molar-refractivity contribution in [2.75, 3.05) is 33.4 Å². The Labute approximate surface area is 197 Å². The van der Waals surface area contributed by atoms with Gasteiger partial charge in [-0.3, -0.25) is 4.79 Å². The minimum Gasteiger partial charge on any atom is -0.496 e. The highest BCUT2D eigenvalue weighted by molar-refractivity contribution is 7.88. The van der Waals surface area contributed by atoms with Crippen molar-refractivity contribution in [3.8, 4) is 5.75 Å². The summed E-state index contributed by atoms with van der Waals surface area (Å²) in [5.74, 6) is 0.858. The van der Waals surface area contributed by atoms with Crippen molar-refractivity contribution in [2.24, 2.45) is 0 Å². The predicted octanol–water partition coefficient (Wildman–Crippen LogP) is 3.78. The molecule has 1 heterocycles. The summed E-state index contributed by atoms with van der Waals surface area (Å²) in [6.07, 6.45) is 0. The number of methoxy groups -OCH3 is 1. The van der Waals surface area contributed by atoms with Gasteiger partial charge in [0.1, 0.15) is 5.75 Å². The fourth-order valence-corrected chi connectivity index (χ4v) is 5.55. The highest BCUT2D eigenvalue weighted by Crippen LogP contribution is 2.32. The van der Waals surface area contributed by atoms with Crippen LogP contribution in [-0.2, 0) is 20.5 Å². The second-order valence-electron chi connectivity index (χ2n) is 8.77. The van der Waals surface area contributed by atoms with E-state index in [4.69, 9.17) is 9.47 Å². The molecule has 0 aliphatic carbocycles. The molecule has 3 rings (SSSR count). The van der Waals surface area contributed by atoms with Crippen molar-refractivity contribution < 1.29 is 22.7 Å². The van der Waals surface area contributed by atoms with E-state index in [0.717, 1.165) is 22.4 Å². The Bertz CT molecular complexity index is 1070. The van der Waals surface area contributed by atoms with Crippen LogP contribution >= 0.6 is 0 Å². The first-order valence-electron chi connectivity index (χ1n) is 11.3. The van der Waals surface area contributed by atoms with Crippen LogP contribution in [0.1, 0.15) is 65.3 Å². The van der Waals surface area contributed by atoms with Crippen molar-refractivity contribution in [1.82, 2.24) is 9.62 Å². The molecule has 0 radical (unpaired) electrons. The molecule has 0 unspecified atom stereocenters. The molecule has 0 saturated carbocycles. The van der Waals surface area contributed by atoms with Crippen LogP contribution in [0.4, 0.5) is 0 Å². The second kappa shape index (κ2) is 10.7. The Hall–Kier alpha value is -2.42. The molecule has 2 aromatic carbocycles. The van der Waals surface area contributed by atoms with Crippen LogP contribution in [0.5, 0.6) is 5.75 Å². The zero-order chi connectivity index (χ0) is 24.2. The largest absolute Gasteiger partial charge is 0.496 e. The quantitative estimate of drug-likeness (QED) is 0.629. The number of benzene rings is 2. The number of ether oxygens (including phenoxy) is 2. The minimum absolute atomic E-state index is 0.0890. The number of nitrogens with one attached hydrogen (secondary N) is 1. The molecular weight excluding hydrogens is 440 g/mol. The van der Waals surface area contributed by atoms with Gasteiger partial charge in [0.25, 0.3) is 5.91 Å². The minimum atomic E-state index is -3.40. The lowest BCUT2D eigenvalue weighted by atomic mass is 9.93. The van der Waals surface area contributed by atoms with Crippen LogP contribution < -0.4 is 10.1 Å². The van der Waals surface area contributed by atoms with Crippen molar-refractivity contribution in [1.29, 1.82) is 0 Å². The summed E-state index contributed by atoms with van der Waals surface area (Å²) in [6, 6.07) is 10.7. The maximum atomic E-state index is 12.8. The van der Waals surface area contributed by atoms with E-state index in [0.29, 0.717) is 43.3 Å². The van der Waals surface area contributed by atoms with E-state index in [2.05, 4.69) is 25.2 Å². The first-order valence-corrected chi connectivity index (χ1v) is 12.9. The Balaban J connectivity index is 1.69. The van der Waals surface area contributed by atoms with Gasteiger partial charge >= 0.3 is 0 Å². The maximum absolute atomic E-state index is 12.8. The molecule has 1 amide bonds. The molecule has 7 nitrogen and oxygen atoms in total. The molecule has 2 aromatic rings. The fraction of sp³-hybridized carbons (Fsp3) is 0.480. The average Bonchev–Trinajstić information content (AvgIpc) is 2.79. The molecule has 0 spiro atoms. The third-order valence-electron chi connectivity index (χ3n) is 5.98. The molecule has 180 valence electrons. The summed E-state index contributed by atoms with van der Waals surface area (Å²) < 4.78 is 37.4. The van der Waals surface area contributed by atoms with Crippen molar-refractivity contribution in [3.05, 3.63) is 64.2 Å². The van der Waals surface area contributed by atoms with E-state index in [1.54, 1.807) is 31.4 Å². The van der Waals surface area contributed by atoms with Crippen LogP contribution in [0.25, 0.3) is 0 Å². The number of hydrogen-bond donors (Lipinski definition) is 1. The number of carbonyl (C=O) groups is 1. The van der Waals surface area contributed by atoms with Crippen LogP contribution in [0, 0.1) is 6.92 Å². The second-order valence-corrected chi connectivity index (χ2v) is 10.7. The number of amides is 1. The molecule has 1 aliphatic rings. The van der Waals surface area contributed by atoms with Crippen LogP contribution in [-0.4, -0.2) is 52.0 Å². The normalized spacial score (nSPS) is 15.9. The Morgan fingerprint density at radius 2 is 1.73 bits per heavy atom. The van der Waals surface area contributed by atoms with E-state index in [1.807, 2.05) is 19.9 Å². The van der Waals surface area contributed by atoms with Crippen LogP contribution in [0.2, 0.25) is 0 Å². The number of hydrogen-bond acceptors (Lipinski definition) is 5. The maximum Gasteiger partial charge on any atom is 0.251 e. The first kappa shape index (κ1) is 25.2. The molecule has 1 atom stereocenters. The van der Waals surface area contributed by atoms with Gasteiger partial charge in [0, 0.05) is 18.7 Å². The lowest BCUT2D eigenvalue weighted by molar-refractivity contribution is 0.0729. The highest BCUT2D eigenvalue weighted by Gasteiger charge is 2.24. The molecule has 8 heteroatoms. The molecule has 0 bridgehead atoms.